The Hall–Kier alpha value is -1.55. The van der Waals surface area contributed by atoms with Gasteiger partial charge in [-0.25, -0.2) is 0 Å². The average Bonchev–Trinajstić information content (AvgIpc) is 2.89. The first kappa shape index (κ1) is 17.3. The first-order valence-corrected chi connectivity index (χ1v) is 9.44. The lowest BCUT2D eigenvalue weighted by Crippen LogP contribution is -2.52. The van der Waals surface area contributed by atoms with Crippen LogP contribution in [0.15, 0.2) is 24.3 Å². The van der Waals surface area contributed by atoms with Gasteiger partial charge in [0.15, 0.2) is 6.61 Å². The summed E-state index contributed by atoms with van der Waals surface area (Å²) in [5.41, 5.74) is 1.15. The Labute approximate surface area is 145 Å². The Bertz CT molecular complexity index is 530. The Kier molecular flexibility index (Phi) is 6.13. The summed E-state index contributed by atoms with van der Waals surface area (Å²) >= 11 is 0. The largest absolute Gasteiger partial charge is 0.484 e. The standard InChI is InChI=1S/C20H30N2O2/c1-17-7-6-10-19(15-17)24-16-20(23)22-13-11-21(12-14-22)18-8-4-2-3-5-9-18/h6-7,10,15,18H,2-5,8-9,11-14,16H2,1H3. The van der Waals surface area contributed by atoms with Crippen LogP contribution >= 0.6 is 0 Å². The number of rotatable bonds is 4. The second kappa shape index (κ2) is 8.52. The third-order valence-electron chi connectivity index (χ3n) is 5.36. The molecule has 1 aliphatic carbocycles. The molecule has 1 saturated heterocycles. The van der Waals surface area contributed by atoms with Crippen molar-refractivity contribution in [2.75, 3.05) is 32.8 Å². The number of carbonyl (C=O) groups is 1. The predicted molar refractivity (Wildman–Crippen MR) is 96.3 cm³/mol. The van der Waals surface area contributed by atoms with Crippen LogP contribution in [0.5, 0.6) is 5.75 Å². The lowest BCUT2D eigenvalue weighted by atomic mass is 10.1. The number of amides is 1. The van der Waals surface area contributed by atoms with Crippen LogP contribution in [0, 0.1) is 6.92 Å². The van der Waals surface area contributed by atoms with Crippen molar-refractivity contribution >= 4 is 5.91 Å². The zero-order valence-corrected chi connectivity index (χ0v) is 14.9. The lowest BCUT2D eigenvalue weighted by Gasteiger charge is -2.39. The van der Waals surface area contributed by atoms with Crippen molar-refractivity contribution in [1.29, 1.82) is 0 Å². The maximum Gasteiger partial charge on any atom is 0.260 e. The van der Waals surface area contributed by atoms with Gasteiger partial charge in [0.25, 0.3) is 5.91 Å². The van der Waals surface area contributed by atoms with Gasteiger partial charge in [-0.3, -0.25) is 9.69 Å². The number of hydrogen-bond donors (Lipinski definition) is 0. The van der Waals surface area contributed by atoms with E-state index in [0.717, 1.165) is 43.5 Å². The van der Waals surface area contributed by atoms with Crippen molar-refractivity contribution in [2.45, 2.75) is 51.5 Å². The fourth-order valence-electron chi connectivity index (χ4n) is 3.90. The van der Waals surface area contributed by atoms with Crippen LogP contribution in [-0.2, 0) is 4.79 Å². The molecule has 1 aromatic carbocycles. The zero-order valence-electron chi connectivity index (χ0n) is 14.9. The molecule has 3 rings (SSSR count). The number of hydrogen-bond acceptors (Lipinski definition) is 3. The van der Waals surface area contributed by atoms with E-state index in [1.807, 2.05) is 36.1 Å². The average molecular weight is 330 g/mol. The van der Waals surface area contributed by atoms with Crippen LogP contribution in [0.3, 0.4) is 0 Å². The molecular weight excluding hydrogens is 300 g/mol. The Balaban J connectivity index is 1.43. The van der Waals surface area contributed by atoms with Crippen molar-refractivity contribution in [3.05, 3.63) is 29.8 Å². The Morgan fingerprint density at radius 3 is 2.46 bits per heavy atom. The van der Waals surface area contributed by atoms with Crippen LogP contribution in [0.4, 0.5) is 0 Å². The van der Waals surface area contributed by atoms with E-state index < -0.39 is 0 Å². The monoisotopic (exact) mass is 330 g/mol. The van der Waals surface area contributed by atoms with Gasteiger partial charge in [0.1, 0.15) is 5.75 Å². The Morgan fingerprint density at radius 2 is 1.79 bits per heavy atom. The molecule has 1 aromatic rings. The molecule has 1 heterocycles. The fourth-order valence-corrected chi connectivity index (χ4v) is 3.90. The summed E-state index contributed by atoms with van der Waals surface area (Å²) in [6.45, 7) is 5.88. The minimum absolute atomic E-state index is 0.108. The van der Waals surface area contributed by atoms with Crippen molar-refractivity contribution in [3.63, 3.8) is 0 Å². The van der Waals surface area contributed by atoms with Crippen molar-refractivity contribution in [3.8, 4) is 5.75 Å². The molecule has 0 spiro atoms. The van der Waals surface area contributed by atoms with E-state index in [0.29, 0.717) is 0 Å². The minimum atomic E-state index is 0.108. The van der Waals surface area contributed by atoms with Gasteiger partial charge in [0, 0.05) is 32.2 Å². The summed E-state index contributed by atoms with van der Waals surface area (Å²) in [7, 11) is 0. The predicted octanol–water partition coefficient (Wildman–Crippen LogP) is 3.24. The van der Waals surface area contributed by atoms with E-state index in [1.165, 1.54) is 38.5 Å². The molecule has 24 heavy (non-hydrogen) atoms. The summed E-state index contributed by atoms with van der Waals surface area (Å²) in [5, 5.41) is 0. The van der Waals surface area contributed by atoms with Crippen LogP contribution in [0.25, 0.3) is 0 Å². The normalized spacial score (nSPS) is 20.6. The molecule has 132 valence electrons. The van der Waals surface area contributed by atoms with Gasteiger partial charge in [-0.15, -0.1) is 0 Å². The molecule has 1 amide bonds. The van der Waals surface area contributed by atoms with E-state index in [2.05, 4.69) is 4.90 Å². The fraction of sp³-hybridized carbons (Fsp3) is 0.650. The van der Waals surface area contributed by atoms with E-state index in [-0.39, 0.29) is 12.5 Å². The highest BCUT2D eigenvalue weighted by atomic mass is 16.5. The highest BCUT2D eigenvalue weighted by Crippen LogP contribution is 2.23. The molecule has 4 nitrogen and oxygen atoms in total. The molecule has 0 radical (unpaired) electrons. The minimum Gasteiger partial charge on any atom is -0.484 e. The van der Waals surface area contributed by atoms with Gasteiger partial charge in [-0.1, -0.05) is 37.8 Å². The molecule has 2 aliphatic rings. The molecule has 0 atom stereocenters. The number of ether oxygens (including phenoxy) is 1. The number of carbonyl (C=O) groups excluding carboxylic acids is 1. The third kappa shape index (κ3) is 4.73. The summed E-state index contributed by atoms with van der Waals surface area (Å²) in [5.74, 6) is 0.887. The molecule has 4 heteroatoms. The highest BCUT2D eigenvalue weighted by Gasteiger charge is 2.26. The van der Waals surface area contributed by atoms with Crippen LogP contribution in [0.1, 0.15) is 44.1 Å². The van der Waals surface area contributed by atoms with Gasteiger partial charge in [0.2, 0.25) is 0 Å². The molecule has 1 saturated carbocycles. The van der Waals surface area contributed by atoms with Gasteiger partial charge >= 0.3 is 0 Å². The second-order valence-electron chi connectivity index (χ2n) is 7.17. The molecule has 0 aromatic heterocycles. The summed E-state index contributed by atoms with van der Waals surface area (Å²) in [6, 6.07) is 8.61. The van der Waals surface area contributed by atoms with E-state index in [9.17, 15) is 4.79 Å². The molecular formula is C20H30N2O2. The molecule has 1 aliphatic heterocycles. The number of benzene rings is 1. The number of aryl methyl sites for hydroxylation is 1. The first-order chi connectivity index (χ1) is 11.7. The molecule has 2 fully saturated rings. The van der Waals surface area contributed by atoms with Crippen LogP contribution < -0.4 is 4.74 Å². The summed E-state index contributed by atoms with van der Waals surface area (Å²) < 4.78 is 5.66. The maximum absolute atomic E-state index is 12.4. The number of piperazine rings is 1. The van der Waals surface area contributed by atoms with Crippen molar-refractivity contribution in [2.24, 2.45) is 0 Å². The smallest absolute Gasteiger partial charge is 0.260 e. The van der Waals surface area contributed by atoms with Gasteiger partial charge < -0.3 is 9.64 Å². The molecule has 0 unspecified atom stereocenters. The van der Waals surface area contributed by atoms with Gasteiger partial charge in [-0.2, -0.15) is 0 Å². The molecule has 0 bridgehead atoms. The van der Waals surface area contributed by atoms with Crippen LogP contribution in [0.2, 0.25) is 0 Å². The Morgan fingerprint density at radius 1 is 1.08 bits per heavy atom. The van der Waals surface area contributed by atoms with Crippen LogP contribution in [-0.4, -0.2) is 54.5 Å². The highest BCUT2D eigenvalue weighted by molar-refractivity contribution is 5.77. The summed E-state index contributed by atoms with van der Waals surface area (Å²) in [6.07, 6.45) is 8.20. The number of nitrogens with zero attached hydrogens (tertiary/aromatic N) is 2. The second-order valence-corrected chi connectivity index (χ2v) is 7.17. The zero-order chi connectivity index (χ0) is 16.8. The molecule has 0 N–H and O–H groups in total. The van der Waals surface area contributed by atoms with Crippen molar-refractivity contribution < 1.29 is 9.53 Å². The quantitative estimate of drug-likeness (QED) is 0.795. The maximum atomic E-state index is 12.4. The van der Waals surface area contributed by atoms with E-state index in [4.69, 9.17) is 4.74 Å². The van der Waals surface area contributed by atoms with Gasteiger partial charge in [-0.05, 0) is 37.5 Å². The third-order valence-corrected chi connectivity index (χ3v) is 5.36. The topological polar surface area (TPSA) is 32.8 Å². The summed E-state index contributed by atoms with van der Waals surface area (Å²) in [4.78, 5) is 16.9. The lowest BCUT2D eigenvalue weighted by molar-refractivity contribution is -0.135. The SMILES string of the molecule is Cc1cccc(OCC(=O)N2CCN(C3CCCCCC3)CC2)c1. The van der Waals surface area contributed by atoms with E-state index in [1.54, 1.807) is 0 Å². The first-order valence-electron chi connectivity index (χ1n) is 9.44. The van der Waals surface area contributed by atoms with Gasteiger partial charge in [0.05, 0.1) is 0 Å². The van der Waals surface area contributed by atoms with E-state index >= 15 is 0 Å². The van der Waals surface area contributed by atoms with Crippen molar-refractivity contribution in [1.82, 2.24) is 9.80 Å².